The Labute approximate surface area is 146 Å². The van der Waals surface area contributed by atoms with Gasteiger partial charge >= 0.3 is 0 Å². The van der Waals surface area contributed by atoms with Crippen molar-refractivity contribution in [2.75, 3.05) is 10.0 Å². The average molecular weight is 357 g/mol. The number of benzene rings is 1. The number of fused-ring (bicyclic) bond motifs is 1. The minimum absolute atomic E-state index is 0.256. The summed E-state index contributed by atoms with van der Waals surface area (Å²) in [5.41, 5.74) is 1.31. The van der Waals surface area contributed by atoms with E-state index in [-0.39, 0.29) is 5.25 Å². The van der Waals surface area contributed by atoms with Crippen molar-refractivity contribution < 1.29 is 12.8 Å². The lowest BCUT2D eigenvalue weighted by Gasteiger charge is -2.11. The maximum Gasteiger partial charge on any atom is 0.235 e. The van der Waals surface area contributed by atoms with Crippen LogP contribution >= 0.6 is 0 Å². The van der Waals surface area contributed by atoms with E-state index in [0.29, 0.717) is 18.1 Å². The van der Waals surface area contributed by atoms with E-state index in [1.165, 1.54) is 0 Å². The molecule has 1 aliphatic rings. The summed E-state index contributed by atoms with van der Waals surface area (Å²) < 4.78 is 32.6. The molecule has 7 heteroatoms. The lowest BCUT2D eigenvalue weighted by Crippen LogP contribution is -2.17. The van der Waals surface area contributed by atoms with Crippen LogP contribution in [0.25, 0.3) is 10.9 Å². The van der Waals surface area contributed by atoms with Crippen molar-refractivity contribution in [3.05, 3.63) is 54.0 Å². The number of hydrogen-bond acceptors (Lipinski definition) is 5. The van der Waals surface area contributed by atoms with E-state index in [0.717, 1.165) is 35.3 Å². The lowest BCUT2D eigenvalue weighted by atomic mass is 10.2. The molecule has 4 rings (SSSR count). The Balaban J connectivity index is 1.56. The third-order valence-corrected chi connectivity index (χ3v) is 6.04. The monoisotopic (exact) mass is 357 g/mol. The first-order chi connectivity index (χ1) is 12.0. The molecular formula is C18H19N3O3S. The van der Waals surface area contributed by atoms with Crippen molar-refractivity contribution in [3.63, 3.8) is 0 Å². The fraction of sp³-hybridized carbons (Fsp3) is 0.278. The zero-order chi connectivity index (χ0) is 17.4. The highest BCUT2D eigenvalue weighted by molar-refractivity contribution is 7.93. The normalized spacial score (nSPS) is 14.6. The summed E-state index contributed by atoms with van der Waals surface area (Å²) in [6, 6.07) is 13.0. The quantitative estimate of drug-likeness (QED) is 0.703. The van der Waals surface area contributed by atoms with Crippen molar-refractivity contribution in [3.8, 4) is 0 Å². The molecule has 1 fully saturated rings. The Morgan fingerprint density at radius 2 is 2.00 bits per heavy atom. The average Bonchev–Trinajstić information content (AvgIpc) is 3.37. The van der Waals surface area contributed by atoms with Crippen molar-refractivity contribution in [1.29, 1.82) is 0 Å². The molecule has 2 heterocycles. The van der Waals surface area contributed by atoms with Gasteiger partial charge in [0, 0.05) is 5.39 Å². The number of aromatic nitrogens is 1. The second kappa shape index (κ2) is 6.07. The molecule has 2 N–H and O–H groups in total. The SMILES string of the molecule is Cc1ccc(CNc2ccc3c(NS(=O)(=O)C4CC4)cccc3n2)o1. The molecule has 0 spiro atoms. The predicted molar refractivity (Wildman–Crippen MR) is 98.1 cm³/mol. The maximum absolute atomic E-state index is 12.2. The first-order valence-corrected chi connectivity index (χ1v) is 9.76. The van der Waals surface area contributed by atoms with Gasteiger partial charge in [0.25, 0.3) is 0 Å². The molecule has 1 aliphatic carbocycles. The van der Waals surface area contributed by atoms with Crippen molar-refractivity contribution in [2.45, 2.75) is 31.6 Å². The largest absolute Gasteiger partial charge is 0.465 e. The summed E-state index contributed by atoms with van der Waals surface area (Å²) in [6.07, 6.45) is 1.47. The highest BCUT2D eigenvalue weighted by Gasteiger charge is 2.35. The second-order valence-corrected chi connectivity index (χ2v) is 8.24. The molecule has 6 nitrogen and oxygen atoms in total. The molecule has 0 bridgehead atoms. The van der Waals surface area contributed by atoms with E-state index in [9.17, 15) is 8.42 Å². The standard InChI is InChI=1S/C18H19N3O3S/c1-12-5-6-13(24-12)11-19-18-10-9-15-16(20-18)3-2-4-17(15)21-25(22,23)14-7-8-14/h2-6,9-10,14,21H,7-8,11H2,1H3,(H,19,20). The Kier molecular flexibility index (Phi) is 3.88. The number of hydrogen-bond donors (Lipinski definition) is 2. The van der Waals surface area contributed by atoms with Crippen LogP contribution in [0.15, 0.2) is 46.9 Å². The summed E-state index contributed by atoms with van der Waals surface area (Å²) in [6.45, 7) is 2.45. The van der Waals surface area contributed by atoms with E-state index >= 15 is 0 Å². The van der Waals surface area contributed by atoms with Gasteiger partial charge in [0.15, 0.2) is 0 Å². The van der Waals surface area contributed by atoms with Crippen LogP contribution in [0.5, 0.6) is 0 Å². The zero-order valence-electron chi connectivity index (χ0n) is 13.8. The Morgan fingerprint density at radius 1 is 1.16 bits per heavy atom. The molecule has 0 atom stereocenters. The molecule has 0 unspecified atom stereocenters. The van der Waals surface area contributed by atoms with Crippen LogP contribution in [0.4, 0.5) is 11.5 Å². The molecule has 0 radical (unpaired) electrons. The van der Waals surface area contributed by atoms with E-state index in [1.807, 2.05) is 37.3 Å². The van der Waals surface area contributed by atoms with Gasteiger partial charge in [-0.2, -0.15) is 0 Å². The van der Waals surface area contributed by atoms with E-state index in [2.05, 4.69) is 15.0 Å². The molecular weight excluding hydrogens is 338 g/mol. The molecule has 0 amide bonds. The zero-order valence-corrected chi connectivity index (χ0v) is 14.6. The minimum Gasteiger partial charge on any atom is -0.465 e. The Hall–Kier alpha value is -2.54. The lowest BCUT2D eigenvalue weighted by molar-refractivity contribution is 0.490. The highest BCUT2D eigenvalue weighted by Crippen LogP contribution is 2.32. The van der Waals surface area contributed by atoms with Crippen LogP contribution in [0.2, 0.25) is 0 Å². The van der Waals surface area contributed by atoms with E-state index in [1.54, 1.807) is 12.1 Å². The molecule has 130 valence electrons. The molecule has 2 aromatic heterocycles. The van der Waals surface area contributed by atoms with Gasteiger partial charge in [-0.15, -0.1) is 0 Å². The summed E-state index contributed by atoms with van der Waals surface area (Å²) in [5, 5.41) is 3.75. The fourth-order valence-corrected chi connectivity index (χ4v) is 4.12. The highest BCUT2D eigenvalue weighted by atomic mass is 32.2. The van der Waals surface area contributed by atoms with Crippen LogP contribution in [-0.4, -0.2) is 18.7 Å². The van der Waals surface area contributed by atoms with Crippen molar-refractivity contribution in [1.82, 2.24) is 4.98 Å². The van der Waals surface area contributed by atoms with Gasteiger partial charge in [-0.1, -0.05) is 6.07 Å². The first-order valence-electron chi connectivity index (χ1n) is 8.22. The topological polar surface area (TPSA) is 84.2 Å². The minimum atomic E-state index is -3.29. The number of aryl methyl sites for hydroxylation is 1. The third kappa shape index (κ3) is 3.46. The van der Waals surface area contributed by atoms with Crippen LogP contribution in [-0.2, 0) is 16.6 Å². The molecule has 0 saturated heterocycles. The number of anilines is 2. The number of nitrogens with zero attached hydrogens (tertiary/aromatic N) is 1. The molecule has 1 saturated carbocycles. The van der Waals surface area contributed by atoms with Gasteiger partial charge in [-0.3, -0.25) is 4.72 Å². The number of rotatable bonds is 6. The molecule has 3 aromatic rings. The van der Waals surface area contributed by atoms with E-state index < -0.39 is 10.0 Å². The summed E-state index contributed by atoms with van der Waals surface area (Å²) in [4.78, 5) is 4.56. The van der Waals surface area contributed by atoms with Gasteiger partial charge in [-0.05, 0) is 56.2 Å². The van der Waals surface area contributed by atoms with Crippen molar-refractivity contribution in [2.24, 2.45) is 0 Å². The first kappa shape index (κ1) is 16.0. The van der Waals surface area contributed by atoms with E-state index in [4.69, 9.17) is 4.42 Å². The summed E-state index contributed by atoms with van der Waals surface area (Å²) >= 11 is 0. The van der Waals surface area contributed by atoms with Crippen LogP contribution in [0, 0.1) is 6.92 Å². The van der Waals surface area contributed by atoms with Gasteiger partial charge in [0.05, 0.1) is 23.0 Å². The van der Waals surface area contributed by atoms with Crippen LogP contribution < -0.4 is 10.0 Å². The Morgan fingerprint density at radius 3 is 2.72 bits per heavy atom. The number of sulfonamides is 1. The van der Waals surface area contributed by atoms with Crippen molar-refractivity contribution >= 4 is 32.4 Å². The van der Waals surface area contributed by atoms with Gasteiger partial charge < -0.3 is 9.73 Å². The van der Waals surface area contributed by atoms with Gasteiger partial charge in [-0.25, -0.2) is 13.4 Å². The maximum atomic E-state index is 12.2. The van der Waals surface area contributed by atoms with Gasteiger partial charge in [0.2, 0.25) is 10.0 Å². The Bertz CT molecular complexity index is 1020. The third-order valence-electron chi connectivity index (χ3n) is 4.19. The number of nitrogens with one attached hydrogen (secondary N) is 2. The van der Waals surface area contributed by atoms with Crippen LogP contribution in [0.1, 0.15) is 24.4 Å². The van der Waals surface area contributed by atoms with Crippen LogP contribution in [0.3, 0.4) is 0 Å². The molecule has 1 aromatic carbocycles. The molecule has 25 heavy (non-hydrogen) atoms. The summed E-state index contributed by atoms with van der Waals surface area (Å²) in [5.74, 6) is 2.42. The predicted octanol–water partition coefficient (Wildman–Crippen LogP) is 3.65. The summed E-state index contributed by atoms with van der Waals surface area (Å²) in [7, 11) is -3.29. The van der Waals surface area contributed by atoms with Gasteiger partial charge in [0.1, 0.15) is 17.3 Å². The number of pyridine rings is 1. The fourth-order valence-electron chi connectivity index (χ4n) is 2.72. The second-order valence-electron chi connectivity index (χ2n) is 6.28. The smallest absolute Gasteiger partial charge is 0.235 e. The molecule has 0 aliphatic heterocycles. The number of furan rings is 1.